The number of esters is 1. The maximum Gasteiger partial charge on any atom is 0.337 e. The molecule has 2 aromatic carbocycles. The molecular weight excluding hydrogens is 395 g/mol. The molecule has 0 atom stereocenters. The normalized spacial score (nSPS) is 11.0. The molecule has 9 heteroatoms. The molecular formula is C20H15FN4O3S. The van der Waals surface area contributed by atoms with E-state index >= 15 is 0 Å². The summed E-state index contributed by atoms with van der Waals surface area (Å²) in [5, 5.41) is 4.03. The van der Waals surface area contributed by atoms with Gasteiger partial charge in [0.25, 0.3) is 0 Å². The standard InChI is InChI=1S/C20H15FN4O3S/c1-28-20(27)11-2-5-13(6-3-11)24-16(26)9-29-19-18-17(22-10-23-19)14-8-12(21)4-7-15(14)25-18/h2-8,10,25H,9H2,1H3,(H,24,26). The van der Waals surface area contributed by atoms with Crippen LogP contribution >= 0.6 is 11.8 Å². The second-order valence-electron chi connectivity index (χ2n) is 6.12. The van der Waals surface area contributed by atoms with E-state index in [0.29, 0.717) is 32.7 Å². The fourth-order valence-corrected chi connectivity index (χ4v) is 3.64. The second kappa shape index (κ2) is 7.88. The fraction of sp³-hybridized carbons (Fsp3) is 0.100. The third kappa shape index (κ3) is 3.90. The van der Waals surface area contributed by atoms with Crippen LogP contribution in [0, 0.1) is 5.82 Å². The van der Waals surface area contributed by atoms with Gasteiger partial charge in [-0.1, -0.05) is 11.8 Å². The topological polar surface area (TPSA) is 97.0 Å². The van der Waals surface area contributed by atoms with Crippen molar-refractivity contribution in [1.29, 1.82) is 0 Å². The van der Waals surface area contributed by atoms with E-state index in [1.807, 2.05) is 0 Å². The number of hydrogen-bond donors (Lipinski definition) is 2. The van der Waals surface area contributed by atoms with E-state index in [1.165, 1.54) is 37.3 Å². The van der Waals surface area contributed by atoms with Crippen molar-refractivity contribution >= 4 is 51.3 Å². The van der Waals surface area contributed by atoms with Crippen LogP contribution in [0.25, 0.3) is 21.9 Å². The van der Waals surface area contributed by atoms with Crippen LogP contribution in [0.5, 0.6) is 0 Å². The minimum Gasteiger partial charge on any atom is -0.465 e. The third-order valence-electron chi connectivity index (χ3n) is 4.24. The number of anilines is 1. The summed E-state index contributed by atoms with van der Waals surface area (Å²) in [5.41, 5.74) is 2.98. The maximum atomic E-state index is 13.6. The number of rotatable bonds is 5. The fourth-order valence-electron chi connectivity index (χ4n) is 2.89. The molecule has 4 rings (SSSR count). The molecule has 29 heavy (non-hydrogen) atoms. The highest BCUT2D eigenvalue weighted by atomic mass is 32.2. The quantitative estimate of drug-likeness (QED) is 0.295. The molecule has 0 saturated carbocycles. The smallest absolute Gasteiger partial charge is 0.337 e. The monoisotopic (exact) mass is 410 g/mol. The summed E-state index contributed by atoms with van der Waals surface area (Å²) in [5.74, 6) is -0.892. The van der Waals surface area contributed by atoms with Gasteiger partial charge in [0.05, 0.1) is 23.9 Å². The van der Waals surface area contributed by atoms with Crippen molar-refractivity contribution in [3.63, 3.8) is 0 Å². The number of H-pyrrole nitrogens is 1. The zero-order chi connectivity index (χ0) is 20.4. The van der Waals surface area contributed by atoms with E-state index in [1.54, 1.807) is 30.3 Å². The van der Waals surface area contributed by atoms with Gasteiger partial charge in [-0.25, -0.2) is 19.2 Å². The largest absolute Gasteiger partial charge is 0.465 e. The molecule has 0 saturated heterocycles. The predicted octanol–water partition coefficient (Wildman–Crippen LogP) is 3.77. The molecule has 0 spiro atoms. The lowest BCUT2D eigenvalue weighted by Gasteiger charge is -2.06. The van der Waals surface area contributed by atoms with E-state index in [2.05, 4.69) is 25.0 Å². The van der Waals surface area contributed by atoms with Gasteiger partial charge in [0, 0.05) is 16.6 Å². The van der Waals surface area contributed by atoms with Crippen molar-refractivity contribution in [1.82, 2.24) is 15.0 Å². The number of aromatic nitrogens is 3. The number of carbonyl (C=O) groups excluding carboxylic acids is 2. The molecule has 7 nitrogen and oxygen atoms in total. The summed E-state index contributed by atoms with van der Waals surface area (Å²) in [6.07, 6.45) is 1.40. The molecule has 2 aromatic heterocycles. The summed E-state index contributed by atoms with van der Waals surface area (Å²) in [6, 6.07) is 10.8. The number of ether oxygens (including phenoxy) is 1. The van der Waals surface area contributed by atoms with Gasteiger partial charge >= 0.3 is 5.97 Å². The highest BCUT2D eigenvalue weighted by molar-refractivity contribution is 8.00. The molecule has 0 aliphatic rings. The summed E-state index contributed by atoms with van der Waals surface area (Å²) in [6.45, 7) is 0. The average molecular weight is 410 g/mol. The van der Waals surface area contributed by atoms with Crippen LogP contribution in [-0.2, 0) is 9.53 Å². The van der Waals surface area contributed by atoms with Crippen LogP contribution in [0.2, 0.25) is 0 Å². The summed E-state index contributed by atoms with van der Waals surface area (Å²) in [4.78, 5) is 35.4. The SMILES string of the molecule is COC(=O)c1ccc(NC(=O)CSc2ncnc3c2[nH]c2ccc(F)cc23)cc1. The van der Waals surface area contributed by atoms with E-state index in [4.69, 9.17) is 0 Å². The van der Waals surface area contributed by atoms with Crippen LogP contribution in [0.4, 0.5) is 10.1 Å². The van der Waals surface area contributed by atoms with Crippen LogP contribution in [0.3, 0.4) is 0 Å². The second-order valence-corrected chi connectivity index (χ2v) is 7.09. The number of hydrogen-bond acceptors (Lipinski definition) is 6. The number of amides is 1. The van der Waals surface area contributed by atoms with Crippen molar-refractivity contribution in [2.45, 2.75) is 5.03 Å². The van der Waals surface area contributed by atoms with Gasteiger partial charge < -0.3 is 15.0 Å². The molecule has 0 bridgehead atoms. The molecule has 0 fully saturated rings. The minimum atomic E-state index is -0.440. The van der Waals surface area contributed by atoms with E-state index in [-0.39, 0.29) is 17.5 Å². The molecule has 0 aliphatic heterocycles. The van der Waals surface area contributed by atoms with Crippen LogP contribution in [0.15, 0.2) is 53.8 Å². The van der Waals surface area contributed by atoms with Crippen molar-refractivity contribution in [3.05, 3.63) is 60.2 Å². The first-order valence-electron chi connectivity index (χ1n) is 8.58. The summed E-state index contributed by atoms with van der Waals surface area (Å²) in [7, 11) is 1.31. The Morgan fingerprint density at radius 3 is 2.72 bits per heavy atom. The lowest BCUT2D eigenvalue weighted by Crippen LogP contribution is -2.14. The number of fused-ring (bicyclic) bond motifs is 3. The number of thioether (sulfide) groups is 1. The van der Waals surface area contributed by atoms with Gasteiger partial charge in [0.1, 0.15) is 22.7 Å². The summed E-state index contributed by atoms with van der Waals surface area (Å²) < 4.78 is 18.2. The predicted molar refractivity (Wildman–Crippen MR) is 108 cm³/mol. The molecule has 146 valence electrons. The highest BCUT2D eigenvalue weighted by Crippen LogP contribution is 2.30. The van der Waals surface area contributed by atoms with Gasteiger partial charge in [-0.05, 0) is 42.5 Å². The Balaban J connectivity index is 1.47. The van der Waals surface area contributed by atoms with Crippen LogP contribution in [-0.4, -0.2) is 39.7 Å². The molecule has 0 radical (unpaired) electrons. The van der Waals surface area contributed by atoms with Gasteiger partial charge in [-0.15, -0.1) is 0 Å². The average Bonchev–Trinajstić information content (AvgIpc) is 3.10. The van der Waals surface area contributed by atoms with Gasteiger partial charge in [0.2, 0.25) is 5.91 Å². The van der Waals surface area contributed by atoms with Gasteiger partial charge in [-0.3, -0.25) is 4.79 Å². The lowest BCUT2D eigenvalue weighted by molar-refractivity contribution is -0.113. The van der Waals surface area contributed by atoms with Gasteiger partial charge in [0.15, 0.2) is 0 Å². The Labute approximate surface area is 168 Å². The first kappa shape index (κ1) is 18.9. The minimum absolute atomic E-state index is 0.120. The van der Waals surface area contributed by atoms with E-state index in [9.17, 15) is 14.0 Å². The van der Waals surface area contributed by atoms with Crippen LogP contribution in [0.1, 0.15) is 10.4 Å². The Bertz CT molecular complexity index is 1220. The van der Waals surface area contributed by atoms with Crippen molar-refractivity contribution in [3.8, 4) is 0 Å². The maximum absolute atomic E-state index is 13.6. The Kier molecular flexibility index (Phi) is 5.13. The van der Waals surface area contributed by atoms with Gasteiger partial charge in [-0.2, -0.15) is 0 Å². The number of methoxy groups -OCH3 is 1. The number of benzene rings is 2. The molecule has 0 aliphatic carbocycles. The number of carbonyl (C=O) groups is 2. The molecule has 1 amide bonds. The summed E-state index contributed by atoms with van der Waals surface area (Å²) >= 11 is 1.25. The number of halogens is 1. The molecule has 2 heterocycles. The van der Waals surface area contributed by atoms with Crippen molar-refractivity contribution in [2.24, 2.45) is 0 Å². The van der Waals surface area contributed by atoms with E-state index in [0.717, 1.165) is 5.52 Å². The van der Waals surface area contributed by atoms with Crippen molar-refractivity contribution < 1.29 is 18.7 Å². The molecule has 0 unspecified atom stereocenters. The lowest BCUT2D eigenvalue weighted by atomic mass is 10.2. The zero-order valence-electron chi connectivity index (χ0n) is 15.2. The Hall–Kier alpha value is -3.46. The van der Waals surface area contributed by atoms with Crippen LogP contribution < -0.4 is 5.32 Å². The first-order valence-corrected chi connectivity index (χ1v) is 9.56. The molecule has 4 aromatic rings. The first-order chi connectivity index (χ1) is 14.0. The Morgan fingerprint density at radius 1 is 1.17 bits per heavy atom. The Morgan fingerprint density at radius 2 is 1.97 bits per heavy atom. The number of nitrogens with one attached hydrogen (secondary N) is 2. The molecule has 2 N–H and O–H groups in total. The number of aromatic amines is 1. The van der Waals surface area contributed by atoms with E-state index < -0.39 is 5.97 Å². The highest BCUT2D eigenvalue weighted by Gasteiger charge is 2.13. The van der Waals surface area contributed by atoms with Crippen molar-refractivity contribution in [2.75, 3.05) is 18.2 Å². The number of nitrogens with zero attached hydrogens (tertiary/aromatic N) is 2. The zero-order valence-corrected chi connectivity index (χ0v) is 16.0. The third-order valence-corrected chi connectivity index (χ3v) is 5.23.